The number of hydrogen-bond donors (Lipinski definition) is 3. The van der Waals surface area contributed by atoms with Crippen LogP contribution >= 0.6 is 0 Å². The minimum atomic E-state index is -1.39. The minimum absolute atomic E-state index is 0.0364. The molecule has 2 amide bonds. The predicted molar refractivity (Wildman–Crippen MR) is 263 cm³/mol. The molecule has 11 heteroatoms. The number of nitrogens with one attached hydrogen (secondary N) is 1. The molecule has 6 atom stereocenters. The quantitative estimate of drug-likeness (QED) is 0.0372. The summed E-state index contributed by atoms with van der Waals surface area (Å²) in [5, 5.41) is 29.8. The number of amides is 2. The first-order valence-electron chi connectivity index (χ1n) is 25.3. The Bertz CT molecular complexity index is 2080. The Morgan fingerprint density at radius 1 is 0.894 bits per heavy atom. The van der Waals surface area contributed by atoms with Crippen molar-refractivity contribution >= 4 is 28.5 Å². The topological polar surface area (TPSA) is 139 Å². The zero-order chi connectivity index (χ0) is 46.7. The maximum absolute atomic E-state index is 15.3. The van der Waals surface area contributed by atoms with E-state index in [1.54, 1.807) is 12.1 Å². The van der Waals surface area contributed by atoms with E-state index in [0.717, 1.165) is 78.1 Å². The monoisotopic (exact) mass is 908 g/mol. The lowest BCUT2D eigenvalue weighted by Crippen LogP contribution is -2.70. The summed E-state index contributed by atoms with van der Waals surface area (Å²) >= 11 is 0. The summed E-state index contributed by atoms with van der Waals surface area (Å²) < 4.78 is 20.6. The van der Waals surface area contributed by atoms with Crippen LogP contribution in [0.25, 0.3) is 10.8 Å². The van der Waals surface area contributed by atoms with Crippen LogP contribution in [-0.4, -0.2) is 77.6 Å². The van der Waals surface area contributed by atoms with E-state index < -0.39 is 23.8 Å². The van der Waals surface area contributed by atoms with Gasteiger partial charge >= 0.3 is 6.09 Å². The number of fused-ring (bicyclic) bond motifs is 3. The van der Waals surface area contributed by atoms with E-state index >= 15 is 4.79 Å². The summed E-state index contributed by atoms with van der Waals surface area (Å²) in [6.07, 6.45) is 19.2. The first kappa shape index (κ1) is 50.7. The van der Waals surface area contributed by atoms with Crippen molar-refractivity contribution in [3.63, 3.8) is 0 Å². The van der Waals surface area contributed by atoms with Crippen molar-refractivity contribution in [3.05, 3.63) is 96.1 Å². The number of unbranched alkanes of at least 4 members (excludes halogenated alkanes) is 10. The lowest BCUT2D eigenvalue weighted by atomic mass is 9.55. The number of ether oxygens (including phenoxy) is 3. The van der Waals surface area contributed by atoms with Crippen LogP contribution in [0.15, 0.2) is 90.1 Å². The maximum atomic E-state index is 15.3. The van der Waals surface area contributed by atoms with Crippen molar-refractivity contribution in [3.8, 4) is 11.5 Å². The summed E-state index contributed by atoms with van der Waals surface area (Å²) in [6.45, 7) is 11.6. The average molecular weight is 908 g/mol. The average Bonchev–Trinajstić information content (AvgIpc) is 3.32. The largest absolute Gasteiger partial charge is 0.459 e. The highest BCUT2D eigenvalue weighted by molar-refractivity contribution is 6.03. The number of allylic oxidation sites excluding steroid dienone is 1. The summed E-state index contributed by atoms with van der Waals surface area (Å²) in [7, 11) is 0. The fraction of sp³-hybridized carbons (Fsp3) is 0.582. The molecule has 1 aliphatic heterocycles. The standard InChI is InChI=1S/C55H77N3O8/c1-5-9-10-11-12-13-14-15-16-30-51(61)58(39-42-27-23-26-40-24-17-18-28-44(40)42)50-38-48(57-64-8-4)46-36-41(25-19-21-33-59)45(29-20-22-34-60)52-47-37-43(65-54(62)56-7-3)31-32-49(47)66-55(50,53(46)52)63-35-6-2/h6,17-18,23-24,26-28,31-32,36-37,41,45,50,52-53,59-60H,2,5,7-16,19-22,25,29-30,33-35,38-39H2,1,3-4H3,(H,56,62)/t41-,45+,50-,52+,53+,55+/m0/s1. The fourth-order valence-corrected chi connectivity index (χ4v) is 10.9. The normalized spacial score (nSPS) is 22.5. The fourth-order valence-electron chi connectivity index (χ4n) is 10.9. The molecule has 3 aromatic rings. The van der Waals surface area contributed by atoms with Crippen LogP contribution in [0.3, 0.4) is 0 Å². The van der Waals surface area contributed by atoms with Gasteiger partial charge in [0.25, 0.3) is 0 Å². The van der Waals surface area contributed by atoms with Gasteiger partial charge in [-0.25, -0.2) is 4.79 Å². The zero-order valence-electron chi connectivity index (χ0n) is 40.0. The molecule has 3 aromatic carbocycles. The molecule has 0 radical (unpaired) electrons. The third-order valence-electron chi connectivity index (χ3n) is 13.9. The molecular formula is C55H77N3O8. The summed E-state index contributed by atoms with van der Waals surface area (Å²) in [6, 6.07) is 19.5. The van der Waals surface area contributed by atoms with Gasteiger partial charge in [0.2, 0.25) is 11.7 Å². The maximum Gasteiger partial charge on any atom is 0.412 e. The van der Waals surface area contributed by atoms with Crippen LogP contribution in [0.4, 0.5) is 4.79 Å². The van der Waals surface area contributed by atoms with Crippen molar-refractivity contribution in [1.82, 2.24) is 10.2 Å². The Labute approximate surface area is 394 Å². The van der Waals surface area contributed by atoms with Gasteiger partial charge in [-0.1, -0.05) is 131 Å². The smallest absolute Gasteiger partial charge is 0.412 e. The molecule has 360 valence electrons. The molecule has 3 aliphatic rings. The highest BCUT2D eigenvalue weighted by Crippen LogP contribution is 2.62. The molecule has 1 saturated carbocycles. The van der Waals surface area contributed by atoms with E-state index in [-0.39, 0.29) is 43.5 Å². The molecule has 0 spiro atoms. The van der Waals surface area contributed by atoms with Gasteiger partial charge in [0.1, 0.15) is 24.1 Å². The summed E-state index contributed by atoms with van der Waals surface area (Å²) in [5.41, 5.74) is 3.66. The Balaban J connectivity index is 1.52. The Hall–Kier alpha value is -4.71. The van der Waals surface area contributed by atoms with Gasteiger partial charge in [-0.05, 0) is 97.9 Å². The lowest BCUT2D eigenvalue weighted by Gasteiger charge is -2.60. The Morgan fingerprint density at radius 2 is 1.62 bits per heavy atom. The number of rotatable bonds is 28. The van der Waals surface area contributed by atoms with Crippen LogP contribution < -0.4 is 14.8 Å². The molecule has 0 unspecified atom stereocenters. The molecule has 0 saturated heterocycles. The number of carbonyl (C=O) groups is 2. The van der Waals surface area contributed by atoms with Crippen LogP contribution in [0.2, 0.25) is 0 Å². The number of nitrogens with zero attached hydrogens (tertiary/aromatic N) is 2. The second-order valence-corrected chi connectivity index (χ2v) is 18.3. The number of oxime groups is 1. The molecule has 6 rings (SSSR count). The highest BCUT2D eigenvalue weighted by Gasteiger charge is 2.65. The number of carbonyl (C=O) groups excluding carboxylic acids is 2. The first-order chi connectivity index (χ1) is 32.3. The molecule has 3 N–H and O–H groups in total. The second-order valence-electron chi connectivity index (χ2n) is 18.3. The van der Waals surface area contributed by atoms with Crippen molar-refractivity contribution in [1.29, 1.82) is 0 Å². The van der Waals surface area contributed by atoms with Crippen molar-refractivity contribution < 1.29 is 38.9 Å². The summed E-state index contributed by atoms with van der Waals surface area (Å²) in [4.78, 5) is 36.2. The molecule has 1 heterocycles. The van der Waals surface area contributed by atoms with Crippen LogP contribution in [0.5, 0.6) is 11.5 Å². The van der Waals surface area contributed by atoms with Crippen LogP contribution in [-0.2, 0) is 20.9 Å². The molecule has 0 aromatic heterocycles. The van der Waals surface area contributed by atoms with Crippen LogP contribution in [0, 0.1) is 17.8 Å². The van der Waals surface area contributed by atoms with Gasteiger partial charge in [0.05, 0.1) is 18.2 Å². The van der Waals surface area contributed by atoms with E-state index in [0.29, 0.717) is 56.9 Å². The van der Waals surface area contributed by atoms with Crippen molar-refractivity contribution in [2.24, 2.45) is 22.9 Å². The second kappa shape index (κ2) is 26.0. The van der Waals surface area contributed by atoms with E-state index in [1.165, 1.54) is 38.5 Å². The van der Waals surface area contributed by atoms with Crippen molar-refractivity contribution in [2.45, 2.75) is 154 Å². The Morgan fingerprint density at radius 3 is 2.35 bits per heavy atom. The number of aliphatic hydroxyl groups is 2. The molecule has 0 bridgehead atoms. The van der Waals surface area contributed by atoms with Gasteiger partial charge in [-0.3, -0.25) is 4.79 Å². The van der Waals surface area contributed by atoms with Gasteiger partial charge in [0, 0.05) is 50.6 Å². The zero-order valence-corrected chi connectivity index (χ0v) is 40.0. The molecule has 66 heavy (non-hydrogen) atoms. The van der Waals surface area contributed by atoms with E-state index in [2.05, 4.69) is 55.2 Å². The van der Waals surface area contributed by atoms with Gasteiger partial charge < -0.3 is 39.5 Å². The van der Waals surface area contributed by atoms with Gasteiger partial charge in [0.15, 0.2) is 0 Å². The Kier molecular flexibility index (Phi) is 20.0. The van der Waals surface area contributed by atoms with Crippen LogP contribution in [0.1, 0.15) is 147 Å². The van der Waals surface area contributed by atoms with E-state index in [9.17, 15) is 15.0 Å². The number of aliphatic hydroxyl groups excluding tert-OH is 2. The third-order valence-corrected chi connectivity index (χ3v) is 13.9. The van der Waals surface area contributed by atoms with Gasteiger partial charge in [-0.15, -0.1) is 6.58 Å². The third kappa shape index (κ3) is 12.4. The minimum Gasteiger partial charge on any atom is -0.459 e. The van der Waals surface area contributed by atoms with Crippen molar-refractivity contribution in [2.75, 3.05) is 33.0 Å². The number of hydrogen-bond acceptors (Lipinski definition) is 9. The van der Waals surface area contributed by atoms with E-state index in [4.69, 9.17) is 24.2 Å². The summed E-state index contributed by atoms with van der Waals surface area (Å²) in [5.74, 6) is -0.946. The first-order valence-corrected chi connectivity index (χ1v) is 25.3. The number of benzene rings is 3. The molecule has 1 fully saturated rings. The highest BCUT2D eigenvalue weighted by atomic mass is 16.7. The van der Waals surface area contributed by atoms with E-state index in [1.807, 2.05) is 43.0 Å². The lowest BCUT2D eigenvalue weighted by molar-refractivity contribution is -0.258. The molecular weight excluding hydrogens is 831 g/mol. The molecule has 11 nitrogen and oxygen atoms in total. The van der Waals surface area contributed by atoms with Gasteiger partial charge in [-0.2, -0.15) is 0 Å². The SMILES string of the molecule is C=CCO[C@@]12Oc3ccc(OC(=O)NCC)cc3[C@H]3[C@H](CCCCO)[C@@H](CCCCO)C=C(C(=NOCC)C[C@@H]1N(Cc1cccc4ccccc14)C(=O)CCCCCCCCCCC)[C@H]32. The molecule has 2 aliphatic carbocycles. The predicted octanol–water partition coefficient (Wildman–Crippen LogP) is 11.6.